The molecule has 0 fully saturated rings. The number of carbonyl (C=O) groups is 3. The van der Waals surface area contributed by atoms with Gasteiger partial charge in [0.2, 0.25) is 0 Å². The van der Waals surface area contributed by atoms with E-state index in [0.29, 0.717) is 5.92 Å². The highest BCUT2D eigenvalue weighted by atomic mass is 16.5. The highest BCUT2D eigenvalue weighted by Gasteiger charge is 2.31. The van der Waals surface area contributed by atoms with Gasteiger partial charge in [0.05, 0.1) is 7.11 Å². The van der Waals surface area contributed by atoms with Crippen molar-refractivity contribution in [3.8, 4) is 0 Å². The van der Waals surface area contributed by atoms with E-state index < -0.39 is 23.5 Å². The number of ether oxygens (including phenoxy) is 1. The van der Waals surface area contributed by atoms with Crippen molar-refractivity contribution in [1.29, 1.82) is 0 Å². The number of carbonyl (C=O) groups excluding carboxylic acids is 3. The second-order valence-electron chi connectivity index (χ2n) is 7.16. The minimum absolute atomic E-state index is 0.413. The number of hydrogen-bond donors (Lipinski definition) is 0. The van der Waals surface area contributed by atoms with E-state index in [1.54, 1.807) is 12.2 Å². The number of benzene rings is 2. The minimum atomic E-state index is -1.51. The van der Waals surface area contributed by atoms with E-state index in [9.17, 15) is 14.4 Å². The lowest BCUT2D eigenvalue weighted by atomic mass is 9.96. The minimum Gasteiger partial charge on any atom is -0.468 e. The molecule has 0 aromatic heterocycles. The number of ketones is 2. The Balaban J connectivity index is 2.15. The Morgan fingerprint density at radius 3 is 1.66 bits per heavy atom. The summed E-state index contributed by atoms with van der Waals surface area (Å²) in [7, 11) is 1.16. The van der Waals surface area contributed by atoms with Gasteiger partial charge < -0.3 is 4.74 Å². The molecule has 0 radical (unpaired) electrons. The third-order valence-electron chi connectivity index (χ3n) is 4.57. The van der Waals surface area contributed by atoms with Gasteiger partial charge in [0.1, 0.15) is 0 Å². The maximum Gasteiger partial charge on any atom is 0.324 e. The van der Waals surface area contributed by atoms with Gasteiger partial charge in [-0.15, -0.1) is 0 Å². The summed E-state index contributed by atoms with van der Waals surface area (Å²) in [5, 5.41) is 0. The average molecular weight is 390 g/mol. The number of allylic oxidation sites excluding steroid dienone is 2. The molecule has 0 bridgehead atoms. The Morgan fingerprint density at radius 1 is 0.793 bits per heavy atom. The van der Waals surface area contributed by atoms with Gasteiger partial charge in [-0.2, -0.15) is 0 Å². The van der Waals surface area contributed by atoms with E-state index in [1.807, 2.05) is 55.5 Å². The fourth-order valence-electron chi connectivity index (χ4n) is 2.71. The molecule has 4 nitrogen and oxygen atoms in total. The van der Waals surface area contributed by atoms with Crippen molar-refractivity contribution in [3.05, 3.63) is 82.9 Å². The van der Waals surface area contributed by atoms with Crippen molar-refractivity contribution in [2.75, 3.05) is 7.11 Å². The molecule has 0 aliphatic carbocycles. The maximum atomic E-state index is 12.5. The van der Waals surface area contributed by atoms with Crippen molar-refractivity contribution in [3.63, 3.8) is 0 Å². The van der Waals surface area contributed by atoms with Crippen LogP contribution in [0.3, 0.4) is 0 Å². The summed E-state index contributed by atoms with van der Waals surface area (Å²) < 4.78 is 4.67. The highest BCUT2D eigenvalue weighted by Crippen LogP contribution is 2.16. The van der Waals surface area contributed by atoms with Crippen molar-refractivity contribution < 1.29 is 19.1 Å². The summed E-state index contributed by atoms with van der Waals surface area (Å²) in [5.41, 5.74) is 3.91. The molecular formula is C25H26O4. The van der Waals surface area contributed by atoms with Crippen LogP contribution < -0.4 is 0 Å². The lowest BCUT2D eigenvalue weighted by Gasteiger charge is -2.08. The average Bonchev–Trinajstić information content (AvgIpc) is 2.72. The number of hydrogen-bond acceptors (Lipinski definition) is 4. The normalized spacial score (nSPS) is 12.4. The predicted molar refractivity (Wildman–Crippen MR) is 115 cm³/mol. The van der Waals surface area contributed by atoms with E-state index in [-0.39, 0.29) is 0 Å². The molecule has 0 spiro atoms. The molecule has 0 amide bonds. The summed E-state index contributed by atoms with van der Waals surface area (Å²) in [5.74, 6) is -3.18. The van der Waals surface area contributed by atoms with Crippen LogP contribution in [0.4, 0.5) is 0 Å². The Labute approximate surface area is 171 Å². The van der Waals surface area contributed by atoms with Crippen molar-refractivity contribution in [1.82, 2.24) is 0 Å². The second kappa shape index (κ2) is 10.3. The molecule has 1 atom stereocenters. The van der Waals surface area contributed by atoms with E-state index >= 15 is 0 Å². The molecule has 29 heavy (non-hydrogen) atoms. The number of aryl methyl sites for hydroxylation is 1. The third-order valence-corrected chi connectivity index (χ3v) is 4.57. The van der Waals surface area contributed by atoms with E-state index in [0.717, 1.165) is 23.8 Å². The molecular weight excluding hydrogens is 364 g/mol. The van der Waals surface area contributed by atoms with Crippen LogP contribution in [0.1, 0.15) is 42.0 Å². The molecule has 0 saturated heterocycles. The van der Waals surface area contributed by atoms with Crippen LogP contribution >= 0.6 is 0 Å². The van der Waals surface area contributed by atoms with Gasteiger partial charge in [-0.3, -0.25) is 14.4 Å². The molecule has 1 unspecified atom stereocenters. The lowest BCUT2D eigenvalue weighted by molar-refractivity contribution is -0.150. The Bertz CT molecular complexity index is 916. The fourth-order valence-corrected chi connectivity index (χ4v) is 2.71. The second-order valence-corrected chi connectivity index (χ2v) is 7.16. The summed E-state index contributed by atoms with van der Waals surface area (Å²) in [6.07, 6.45) is 5.68. The smallest absolute Gasteiger partial charge is 0.324 e. The fraction of sp³-hybridized carbons (Fsp3) is 0.240. The molecule has 2 aromatic carbocycles. The topological polar surface area (TPSA) is 60.4 Å². The van der Waals surface area contributed by atoms with Crippen molar-refractivity contribution >= 4 is 29.7 Å². The third kappa shape index (κ3) is 6.39. The summed E-state index contributed by atoms with van der Waals surface area (Å²) in [6, 6.07) is 15.3. The molecule has 0 saturated carbocycles. The molecule has 2 aromatic rings. The summed E-state index contributed by atoms with van der Waals surface area (Å²) in [6.45, 7) is 6.17. The van der Waals surface area contributed by atoms with Gasteiger partial charge in [-0.1, -0.05) is 80.1 Å². The summed E-state index contributed by atoms with van der Waals surface area (Å²) in [4.78, 5) is 37.1. The zero-order chi connectivity index (χ0) is 21.4. The van der Waals surface area contributed by atoms with Gasteiger partial charge in [0.15, 0.2) is 17.5 Å². The van der Waals surface area contributed by atoms with Crippen molar-refractivity contribution in [2.45, 2.75) is 26.7 Å². The van der Waals surface area contributed by atoms with Crippen LogP contribution in [0.15, 0.2) is 60.7 Å². The van der Waals surface area contributed by atoms with Crippen LogP contribution in [-0.2, 0) is 19.1 Å². The monoisotopic (exact) mass is 390 g/mol. The van der Waals surface area contributed by atoms with Gasteiger partial charge in [-0.25, -0.2) is 0 Å². The predicted octanol–water partition coefficient (Wildman–Crippen LogP) is 4.77. The van der Waals surface area contributed by atoms with Crippen LogP contribution in [0.5, 0.6) is 0 Å². The SMILES string of the molecule is COC(=O)C(C(=O)C=Cc1ccc(C)cc1)C(=O)C=Cc1ccc(C(C)C)cc1. The molecule has 2 rings (SSSR count). The van der Waals surface area contributed by atoms with Gasteiger partial charge in [0, 0.05) is 0 Å². The molecule has 0 aliphatic rings. The first-order chi connectivity index (χ1) is 13.8. The number of rotatable bonds is 8. The van der Waals surface area contributed by atoms with Crippen molar-refractivity contribution in [2.24, 2.45) is 5.92 Å². The molecule has 150 valence electrons. The lowest BCUT2D eigenvalue weighted by Crippen LogP contribution is -2.30. The van der Waals surface area contributed by atoms with E-state index in [4.69, 9.17) is 0 Å². The zero-order valence-electron chi connectivity index (χ0n) is 17.2. The highest BCUT2D eigenvalue weighted by molar-refractivity contribution is 6.24. The number of esters is 1. The van der Waals surface area contributed by atoms with Gasteiger partial charge in [0.25, 0.3) is 0 Å². The van der Waals surface area contributed by atoms with Gasteiger partial charge in [-0.05, 0) is 41.7 Å². The van der Waals surface area contributed by atoms with Crippen LogP contribution in [-0.4, -0.2) is 24.6 Å². The zero-order valence-corrected chi connectivity index (χ0v) is 17.2. The van der Waals surface area contributed by atoms with Gasteiger partial charge >= 0.3 is 5.97 Å². The summed E-state index contributed by atoms with van der Waals surface area (Å²) >= 11 is 0. The van der Waals surface area contributed by atoms with E-state index in [1.165, 1.54) is 17.7 Å². The molecule has 0 aliphatic heterocycles. The van der Waals surface area contributed by atoms with Crippen LogP contribution in [0.25, 0.3) is 12.2 Å². The first kappa shape index (κ1) is 22.0. The first-order valence-corrected chi connectivity index (χ1v) is 9.50. The largest absolute Gasteiger partial charge is 0.468 e. The number of methoxy groups -OCH3 is 1. The standard InChI is InChI=1S/C25H26O4/c1-17(2)21-13-9-20(10-14-21)12-16-23(27)24(25(28)29-4)22(26)15-11-19-7-5-18(3)6-8-19/h5-17,24H,1-4H3. The van der Waals surface area contributed by atoms with Crippen LogP contribution in [0, 0.1) is 12.8 Å². The van der Waals surface area contributed by atoms with E-state index in [2.05, 4.69) is 18.6 Å². The maximum absolute atomic E-state index is 12.5. The molecule has 0 N–H and O–H groups in total. The first-order valence-electron chi connectivity index (χ1n) is 9.50. The Morgan fingerprint density at radius 2 is 1.24 bits per heavy atom. The molecule has 4 heteroatoms. The Hall–Kier alpha value is -3.27. The molecule has 0 heterocycles. The Kier molecular flexibility index (Phi) is 7.84. The van der Waals surface area contributed by atoms with Crippen LogP contribution in [0.2, 0.25) is 0 Å². The quantitative estimate of drug-likeness (QED) is 0.370.